The molecule has 8 nitrogen and oxygen atoms in total. The Bertz CT molecular complexity index is 1940. The van der Waals surface area contributed by atoms with Crippen molar-refractivity contribution in [2.45, 2.75) is 46.5 Å². The highest BCUT2D eigenvalue weighted by atomic mass is 19.4. The molecule has 1 amide bonds. The number of amides is 1. The van der Waals surface area contributed by atoms with Gasteiger partial charge in [0.1, 0.15) is 23.2 Å². The molecule has 0 spiro atoms. The summed E-state index contributed by atoms with van der Waals surface area (Å²) < 4.78 is 61.5. The largest absolute Gasteiger partial charge is 0.494 e. The Morgan fingerprint density at radius 2 is 1.67 bits per heavy atom. The van der Waals surface area contributed by atoms with Crippen LogP contribution in [0, 0.1) is 5.82 Å². The third kappa shape index (κ3) is 7.64. The smallest absolute Gasteiger partial charge is 0.419 e. The molecule has 0 N–H and O–H groups in total. The van der Waals surface area contributed by atoms with Crippen molar-refractivity contribution in [3.63, 3.8) is 0 Å². The Labute approximate surface area is 276 Å². The van der Waals surface area contributed by atoms with Crippen molar-refractivity contribution in [1.82, 2.24) is 19.4 Å². The maximum atomic E-state index is 14.1. The lowest BCUT2D eigenvalue weighted by molar-refractivity contribution is -0.140. The first-order valence-electron chi connectivity index (χ1n) is 14.9. The van der Waals surface area contributed by atoms with Gasteiger partial charge in [-0.15, -0.1) is 0 Å². The topological polar surface area (TPSA) is 80.6 Å². The number of anilines is 1. The maximum Gasteiger partial charge on any atom is 0.419 e. The van der Waals surface area contributed by atoms with E-state index in [2.05, 4.69) is 4.98 Å². The number of hydrogen-bond acceptors (Lipinski definition) is 6. The lowest BCUT2D eigenvalue weighted by atomic mass is 10.0. The van der Waals surface area contributed by atoms with Gasteiger partial charge >= 0.3 is 6.18 Å². The molecule has 0 aliphatic carbocycles. The zero-order valence-corrected chi connectivity index (χ0v) is 26.3. The van der Waals surface area contributed by atoms with Crippen LogP contribution in [0.25, 0.3) is 16.6 Å². The summed E-state index contributed by atoms with van der Waals surface area (Å²) in [4.78, 5) is 40.6. The van der Waals surface area contributed by atoms with Gasteiger partial charge in [-0.25, -0.2) is 14.4 Å². The third-order valence-electron chi connectivity index (χ3n) is 7.68. The van der Waals surface area contributed by atoms with Gasteiger partial charge in [-0.3, -0.25) is 14.2 Å². The van der Waals surface area contributed by atoms with Crippen LogP contribution in [0.2, 0.25) is 0 Å². The molecule has 2 aromatic heterocycles. The van der Waals surface area contributed by atoms with Crippen LogP contribution >= 0.6 is 0 Å². The van der Waals surface area contributed by atoms with Crippen LogP contribution in [0.4, 0.5) is 23.4 Å². The molecule has 0 radical (unpaired) electrons. The predicted octanol–water partition coefficient (Wildman–Crippen LogP) is 7.37. The molecule has 0 unspecified atom stereocenters. The molecule has 1 atom stereocenters. The van der Waals surface area contributed by atoms with Crippen LogP contribution < -0.4 is 15.2 Å². The van der Waals surface area contributed by atoms with Gasteiger partial charge in [-0.05, 0) is 79.6 Å². The van der Waals surface area contributed by atoms with E-state index in [0.29, 0.717) is 52.5 Å². The first kappa shape index (κ1) is 35.6. The lowest BCUT2D eigenvalue weighted by Crippen LogP contribution is -2.38. The van der Waals surface area contributed by atoms with E-state index in [1.165, 1.54) is 9.47 Å². The van der Waals surface area contributed by atoms with Gasteiger partial charge in [0.2, 0.25) is 5.91 Å². The Hall–Kier alpha value is -5.26. The minimum absolute atomic E-state index is 0. The molecule has 0 bridgehead atoms. The van der Waals surface area contributed by atoms with E-state index in [9.17, 15) is 27.2 Å². The normalized spacial score (nSPS) is 11.9. The summed E-state index contributed by atoms with van der Waals surface area (Å²) in [6.45, 7) is 4.02. The lowest BCUT2D eigenvalue weighted by Gasteiger charge is -2.31. The number of rotatable bonds is 10. The molecule has 0 aliphatic heterocycles. The van der Waals surface area contributed by atoms with Crippen LogP contribution in [0.15, 0.2) is 89.9 Å². The SMILES string of the molecule is C.CCOc1ccc(-n2c([C@@H](C)N(Cc3ccc(N(C)C)nc3)C(=O)Cc3ccc(F)c(C(F)(F)F)c3)nc3ccccc3c2=O)cc1. The standard InChI is InChI=1S/C35H33F4N5O3.CH4/c1-5-47-26-14-12-25(13-15-26)44-33(41-30-9-7-6-8-27(30)34(44)46)22(2)43(21-24-11-17-31(40-20-24)42(3)4)32(45)19-23-10-16-29(36)28(18-23)35(37,38)39;/h6-18,20,22H,5,19,21H2,1-4H3;1H4/t22-;/m1./s1. The van der Waals surface area contributed by atoms with Crippen LogP contribution in [0.1, 0.15) is 49.8 Å². The van der Waals surface area contributed by atoms with E-state index in [1.54, 1.807) is 73.8 Å². The summed E-state index contributed by atoms with van der Waals surface area (Å²) in [7, 11) is 3.67. The van der Waals surface area contributed by atoms with Crippen molar-refractivity contribution in [1.29, 1.82) is 0 Å². The molecular weight excluding hydrogens is 626 g/mol. The Kier molecular flexibility index (Phi) is 10.9. The molecule has 0 aliphatic rings. The second-order valence-corrected chi connectivity index (χ2v) is 11.2. The maximum absolute atomic E-state index is 14.1. The van der Waals surface area contributed by atoms with Gasteiger partial charge in [0, 0.05) is 26.8 Å². The predicted molar refractivity (Wildman–Crippen MR) is 178 cm³/mol. The number of ether oxygens (including phenoxy) is 1. The Morgan fingerprint density at radius 1 is 0.979 bits per heavy atom. The number of pyridine rings is 1. The molecule has 252 valence electrons. The van der Waals surface area contributed by atoms with Gasteiger partial charge in [0.25, 0.3) is 5.56 Å². The highest BCUT2D eigenvalue weighted by Gasteiger charge is 2.35. The van der Waals surface area contributed by atoms with E-state index < -0.39 is 35.9 Å². The Morgan fingerprint density at radius 3 is 2.29 bits per heavy atom. The average Bonchev–Trinajstić information content (AvgIpc) is 3.04. The third-order valence-corrected chi connectivity index (χ3v) is 7.68. The van der Waals surface area contributed by atoms with Crippen molar-refractivity contribution in [3.05, 3.63) is 124 Å². The fraction of sp³-hybridized carbons (Fsp3) is 0.278. The highest BCUT2D eigenvalue weighted by Crippen LogP contribution is 2.33. The highest BCUT2D eigenvalue weighted by molar-refractivity contribution is 5.80. The van der Waals surface area contributed by atoms with Crippen molar-refractivity contribution in [3.8, 4) is 11.4 Å². The van der Waals surface area contributed by atoms with Crippen LogP contribution in [-0.4, -0.2) is 46.0 Å². The molecule has 5 rings (SSSR count). The van der Waals surface area contributed by atoms with Gasteiger partial charge < -0.3 is 14.5 Å². The molecule has 0 saturated carbocycles. The second kappa shape index (κ2) is 14.7. The molecule has 5 aromatic rings. The quantitative estimate of drug-likeness (QED) is 0.145. The number of benzene rings is 3. The molecule has 48 heavy (non-hydrogen) atoms. The zero-order valence-electron chi connectivity index (χ0n) is 26.3. The number of nitrogens with zero attached hydrogens (tertiary/aromatic N) is 5. The number of para-hydroxylation sites is 1. The summed E-state index contributed by atoms with van der Waals surface area (Å²) >= 11 is 0. The van der Waals surface area contributed by atoms with E-state index >= 15 is 0 Å². The minimum atomic E-state index is -4.93. The van der Waals surface area contributed by atoms with Crippen LogP contribution in [-0.2, 0) is 23.9 Å². The summed E-state index contributed by atoms with van der Waals surface area (Å²) in [5, 5.41) is 0.365. The van der Waals surface area contributed by atoms with Gasteiger partial charge in [-0.2, -0.15) is 13.2 Å². The second-order valence-electron chi connectivity index (χ2n) is 11.2. The molecule has 12 heteroatoms. The zero-order chi connectivity index (χ0) is 33.9. The van der Waals surface area contributed by atoms with Gasteiger partial charge in [-0.1, -0.05) is 31.7 Å². The molecule has 0 fully saturated rings. The first-order valence-corrected chi connectivity index (χ1v) is 14.9. The number of carbonyl (C=O) groups is 1. The van der Waals surface area contributed by atoms with E-state index in [1.807, 2.05) is 25.9 Å². The average molecular weight is 664 g/mol. The monoisotopic (exact) mass is 663 g/mol. The molecular formula is C36H37F4N5O3. The van der Waals surface area contributed by atoms with Crippen LogP contribution in [0.3, 0.4) is 0 Å². The number of hydrogen-bond donors (Lipinski definition) is 0. The summed E-state index contributed by atoms with van der Waals surface area (Å²) in [6, 6.07) is 18.9. The molecule has 3 aromatic carbocycles. The number of alkyl halides is 3. The van der Waals surface area contributed by atoms with Gasteiger partial charge in [0.05, 0.1) is 41.2 Å². The number of halogens is 4. The van der Waals surface area contributed by atoms with Crippen molar-refractivity contribution < 1.29 is 27.1 Å². The first-order chi connectivity index (χ1) is 22.4. The van der Waals surface area contributed by atoms with E-state index in [-0.39, 0.29) is 30.9 Å². The van der Waals surface area contributed by atoms with E-state index in [4.69, 9.17) is 9.72 Å². The summed E-state index contributed by atoms with van der Waals surface area (Å²) in [6.07, 6.45) is -3.79. The van der Waals surface area contributed by atoms with Crippen molar-refractivity contribution >= 4 is 22.6 Å². The Balaban J connectivity index is 0.00000520. The fourth-order valence-electron chi connectivity index (χ4n) is 5.27. The van der Waals surface area contributed by atoms with Gasteiger partial charge in [0.15, 0.2) is 0 Å². The van der Waals surface area contributed by atoms with Crippen LogP contribution in [0.5, 0.6) is 5.75 Å². The minimum Gasteiger partial charge on any atom is -0.494 e. The number of aromatic nitrogens is 3. The summed E-state index contributed by atoms with van der Waals surface area (Å²) in [5.74, 6) is -0.457. The fourth-order valence-corrected chi connectivity index (χ4v) is 5.27. The molecule has 0 saturated heterocycles. The van der Waals surface area contributed by atoms with Crippen molar-refractivity contribution in [2.24, 2.45) is 0 Å². The number of carbonyl (C=O) groups excluding carboxylic acids is 1. The number of fused-ring (bicyclic) bond motifs is 1. The van der Waals surface area contributed by atoms with Crippen molar-refractivity contribution in [2.75, 3.05) is 25.6 Å². The molecule has 2 heterocycles. The van der Waals surface area contributed by atoms with E-state index in [0.717, 1.165) is 6.07 Å². The summed E-state index contributed by atoms with van der Waals surface area (Å²) in [5.41, 5.74) is -0.291.